The molecule has 14 heavy (non-hydrogen) atoms. The lowest BCUT2D eigenvalue weighted by atomic mass is 10.2. The van der Waals surface area contributed by atoms with E-state index < -0.39 is 0 Å². The SMILES string of the molecule is CN1C=CC=CC=C1c1cccnc1.[H+]. The summed E-state index contributed by atoms with van der Waals surface area (Å²) in [5.74, 6) is 0. The van der Waals surface area contributed by atoms with Gasteiger partial charge in [0.05, 0.1) is 0 Å². The van der Waals surface area contributed by atoms with Crippen molar-refractivity contribution in [3.8, 4) is 0 Å². The molecule has 2 heterocycles. The molecule has 0 atom stereocenters. The van der Waals surface area contributed by atoms with E-state index in [1.54, 1.807) is 6.20 Å². The van der Waals surface area contributed by atoms with Crippen LogP contribution in [0.5, 0.6) is 0 Å². The number of pyridine rings is 1. The van der Waals surface area contributed by atoms with Gasteiger partial charge in [-0.1, -0.05) is 12.2 Å². The minimum Gasteiger partial charge on any atom is -0.351 e. The second-order valence-electron chi connectivity index (χ2n) is 3.13. The smallest absolute Gasteiger partial charge is 0.351 e. The van der Waals surface area contributed by atoms with Crippen molar-refractivity contribution in [2.24, 2.45) is 0 Å². The second-order valence-corrected chi connectivity index (χ2v) is 3.13. The second kappa shape index (κ2) is 3.92. The van der Waals surface area contributed by atoms with Crippen LogP contribution in [0.4, 0.5) is 0 Å². The van der Waals surface area contributed by atoms with Gasteiger partial charge in [0.25, 0.3) is 0 Å². The Kier molecular flexibility index (Phi) is 2.45. The maximum absolute atomic E-state index is 4.11. The van der Waals surface area contributed by atoms with E-state index in [0.29, 0.717) is 0 Å². The molecule has 0 radical (unpaired) electrons. The molecule has 2 rings (SSSR count). The molecule has 1 aromatic rings. The van der Waals surface area contributed by atoms with Crippen molar-refractivity contribution in [3.63, 3.8) is 0 Å². The molecule has 1 aliphatic heterocycles. The third kappa shape index (κ3) is 1.74. The van der Waals surface area contributed by atoms with Crippen LogP contribution in [-0.2, 0) is 0 Å². The molecule has 70 valence electrons. The van der Waals surface area contributed by atoms with E-state index in [4.69, 9.17) is 0 Å². The molecule has 0 bridgehead atoms. The fourth-order valence-electron chi connectivity index (χ4n) is 1.40. The summed E-state index contributed by atoms with van der Waals surface area (Å²) in [7, 11) is 2.03. The van der Waals surface area contributed by atoms with Crippen molar-refractivity contribution in [3.05, 3.63) is 60.6 Å². The topological polar surface area (TPSA) is 16.1 Å². The first kappa shape index (κ1) is 8.75. The standard InChI is InChI=1S/C12H12N2/c1-14-9-4-2-3-7-12(14)11-6-5-8-13-10-11/h2-10H,1H3/p+1. The van der Waals surface area contributed by atoms with Gasteiger partial charge in [-0.3, -0.25) is 4.98 Å². The Balaban J connectivity index is 0.00000112. The van der Waals surface area contributed by atoms with Crippen molar-refractivity contribution in [2.45, 2.75) is 0 Å². The highest BCUT2D eigenvalue weighted by molar-refractivity contribution is 5.66. The van der Waals surface area contributed by atoms with Gasteiger partial charge >= 0.3 is 1.43 Å². The maximum Gasteiger partial charge on any atom is 1.00 e. The highest BCUT2D eigenvalue weighted by atomic mass is 15.1. The third-order valence-electron chi connectivity index (χ3n) is 2.12. The van der Waals surface area contributed by atoms with Gasteiger partial charge in [0.2, 0.25) is 0 Å². The van der Waals surface area contributed by atoms with Crippen LogP contribution in [0.3, 0.4) is 0 Å². The normalized spacial score (nSPS) is 15.2. The molecule has 0 aliphatic carbocycles. The van der Waals surface area contributed by atoms with Crippen LogP contribution < -0.4 is 0 Å². The molecule has 0 saturated heterocycles. The van der Waals surface area contributed by atoms with E-state index in [9.17, 15) is 0 Å². The number of allylic oxidation sites excluding steroid dienone is 4. The number of aromatic nitrogens is 1. The van der Waals surface area contributed by atoms with Crippen molar-refractivity contribution in [1.82, 2.24) is 9.88 Å². The van der Waals surface area contributed by atoms with Crippen LogP contribution in [0.25, 0.3) is 5.70 Å². The van der Waals surface area contributed by atoms with Gasteiger partial charge in [-0.25, -0.2) is 0 Å². The van der Waals surface area contributed by atoms with E-state index in [1.165, 1.54) is 0 Å². The van der Waals surface area contributed by atoms with Gasteiger partial charge < -0.3 is 4.90 Å². The van der Waals surface area contributed by atoms with Crippen LogP contribution in [0.15, 0.2) is 55.0 Å². The van der Waals surface area contributed by atoms with Crippen molar-refractivity contribution < 1.29 is 1.43 Å². The van der Waals surface area contributed by atoms with E-state index in [2.05, 4.69) is 22.0 Å². The predicted molar refractivity (Wildman–Crippen MR) is 59.4 cm³/mol. The highest BCUT2D eigenvalue weighted by Gasteiger charge is 2.04. The summed E-state index contributed by atoms with van der Waals surface area (Å²) in [6, 6.07) is 4.00. The molecule has 1 aromatic heterocycles. The lowest BCUT2D eigenvalue weighted by Crippen LogP contribution is -2.08. The summed E-state index contributed by atoms with van der Waals surface area (Å²) in [5.41, 5.74) is 2.29. The molecule has 1 aliphatic rings. The van der Waals surface area contributed by atoms with Crippen LogP contribution in [0, 0.1) is 0 Å². The lowest BCUT2D eigenvalue weighted by molar-refractivity contribution is 0.656. The minimum atomic E-state index is 0. The zero-order valence-corrected chi connectivity index (χ0v) is 8.09. The Morgan fingerprint density at radius 3 is 3.00 bits per heavy atom. The van der Waals surface area contributed by atoms with Crippen LogP contribution in [0.1, 0.15) is 6.99 Å². The molecule has 2 heteroatoms. The Morgan fingerprint density at radius 2 is 2.21 bits per heavy atom. The molecule has 0 fully saturated rings. The van der Waals surface area contributed by atoms with E-state index in [-0.39, 0.29) is 1.43 Å². The van der Waals surface area contributed by atoms with Crippen LogP contribution >= 0.6 is 0 Å². The van der Waals surface area contributed by atoms with E-state index >= 15 is 0 Å². The Bertz CT molecular complexity index is 393. The first-order chi connectivity index (χ1) is 6.88. The summed E-state index contributed by atoms with van der Waals surface area (Å²) in [6.45, 7) is 0. The van der Waals surface area contributed by atoms with Gasteiger partial charge in [0.15, 0.2) is 0 Å². The fraction of sp³-hybridized carbons (Fsp3) is 0.0833. The van der Waals surface area contributed by atoms with Crippen molar-refractivity contribution in [2.75, 3.05) is 7.05 Å². The molecule has 0 N–H and O–H groups in total. The summed E-state index contributed by atoms with van der Waals surface area (Å²) in [5, 5.41) is 0. The van der Waals surface area contributed by atoms with Crippen molar-refractivity contribution >= 4 is 5.70 Å². The van der Waals surface area contributed by atoms with Gasteiger partial charge in [-0.2, -0.15) is 0 Å². The van der Waals surface area contributed by atoms with Crippen LogP contribution in [0.2, 0.25) is 0 Å². The molecule has 0 aromatic carbocycles. The number of hydrogen-bond donors (Lipinski definition) is 0. The van der Waals surface area contributed by atoms with Gasteiger partial charge in [0, 0.05) is 36.9 Å². The van der Waals surface area contributed by atoms with Crippen LogP contribution in [-0.4, -0.2) is 16.9 Å². The molecule has 0 spiro atoms. The number of hydrogen-bond acceptors (Lipinski definition) is 2. The van der Waals surface area contributed by atoms with Gasteiger partial charge in [0.1, 0.15) is 0 Å². The summed E-state index contributed by atoms with van der Waals surface area (Å²) < 4.78 is 0. The number of rotatable bonds is 1. The molecule has 0 saturated carbocycles. The minimum absolute atomic E-state index is 0. The molecule has 0 unspecified atom stereocenters. The predicted octanol–water partition coefficient (Wildman–Crippen LogP) is 2.55. The zero-order chi connectivity index (χ0) is 9.80. The van der Waals surface area contributed by atoms with Gasteiger partial charge in [-0.15, -0.1) is 0 Å². The summed E-state index contributed by atoms with van der Waals surface area (Å²) in [6.07, 6.45) is 13.8. The first-order valence-electron chi connectivity index (χ1n) is 4.56. The van der Waals surface area contributed by atoms with Gasteiger partial charge in [-0.05, 0) is 24.3 Å². The quantitative estimate of drug-likeness (QED) is 0.668. The Hall–Kier alpha value is -1.83. The Labute approximate surface area is 85.4 Å². The monoisotopic (exact) mass is 185 g/mol. The fourth-order valence-corrected chi connectivity index (χ4v) is 1.40. The number of nitrogens with zero attached hydrogens (tertiary/aromatic N) is 2. The first-order valence-corrected chi connectivity index (χ1v) is 4.56. The summed E-state index contributed by atoms with van der Waals surface area (Å²) in [4.78, 5) is 6.19. The third-order valence-corrected chi connectivity index (χ3v) is 2.12. The highest BCUT2D eigenvalue weighted by Crippen LogP contribution is 2.18. The largest absolute Gasteiger partial charge is 1.00 e. The average molecular weight is 185 g/mol. The van der Waals surface area contributed by atoms with E-state index in [0.717, 1.165) is 11.3 Å². The lowest BCUT2D eigenvalue weighted by Gasteiger charge is -2.17. The summed E-state index contributed by atoms with van der Waals surface area (Å²) >= 11 is 0. The molecular formula is C12H13N2+. The molecule has 2 nitrogen and oxygen atoms in total. The molecule has 0 amide bonds. The van der Waals surface area contributed by atoms with E-state index in [1.807, 2.05) is 43.7 Å². The molecular weight excluding hydrogens is 172 g/mol. The average Bonchev–Trinajstić information content (AvgIpc) is 2.44. The van der Waals surface area contributed by atoms with Crippen molar-refractivity contribution in [1.29, 1.82) is 0 Å². The zero-order valence-electron chi connectivity index (χ0n) is 9.09. The maximum atomic E-state index is 4.11. The Morgan fingerprint density at radius 1 is 1.29 bits per heavy atom.